The fourth-order valence-corrected chi connectivity index (χ4v) is 1.93. The Hall–Kier alpha value is -2.13. The lowest BCUT2D eigenvalue weighted by molar-refractivity contribution is -0.149. The summed E-state index contributed by atoms with van der Waals surface area (Å²) in [5, 5.41) is 17.6. The molecule has 2 unspecified atom stereocenters. The Bertz CT molecular complexity index is 526. The minimum absolute atomic E-state index is 0.0991. The number of hydrogen-bond donors (Lipinski definition) is 1. The van der Waals surface area contributed by atoms with Crippen LogP contribution in [0.15, 0.2) is 18.2 Å². The van der Waals surface area contributed by atoms with Crippen molar-refractivity contribution < 1.29 is 23.8 Å². The Morgan fingerprint density at radius 2 is 2.37 bits per heavy atom. The molecule has 0 saturated carbocycles. The summed E-state index contributed by atoms with van der Waals surface area (Å²) in [6, 6.07) is 5.85. The predicted octanol–water partition coefficient (Wildman–Crippen LogP) is 1.71. The zero-order valence-electron chi connectivity index (χ0n) is 10.0. The smallest absolute Gasteiger partial charge is 0.332 e. The van der Waals surface area contributed by atoms with Gasteiger partial charge in [-0.25, -0.2) is 9.18 Å². The maximum Gasteiger partial charge on any atom is 0.332 e. The number of aliphatic carboxylic acids is 1. The molecule has 0 radical (unpaired) electrons. The first-order valence-electron chi connectivity index (χ1n) is 5.81. The molecule has 6 heteroatoms. The summed E-state index contributed by atoms with van der Waals surface area (Å²) in [4.78, 5) is 10.7. The van der Waals surface area contributed by atoms with E-state index in [1.165, 1.54) is 18.2 Å². The Kier molecular flexibility index (Phi) is 3.97. The molecule has 0 amide bonds. The molecule has 1 fully saturated rings. The number of hydrogen-bond acceptors (Lipinski definition) is 4. The zero-order chi connectivity index (χ0) is 13.8. The highest BCUT2D eigenvalue weighted by atomic mass is 19.1. The average molecular weight is 265 g/mol. The molecule has 2 atom stereocenters. The maximum absolute atomic E-state index is 13.3. The molecule has 0 spiro atoms. The van der Waals surface area contributed by atoms with E-state index in [0.29, 0.717) is 12.8 Å². The van der Waals surface area contributed by atoms with Crippen molar-refractivity contribution in [2.24, 2.45) is 0 Å². The number of rotatable bonds is 4. The van der Waals surface area contributed by atoms with E-state index in [1.807, 2.05) is 0 Å². The van der Waals surface area contributed by atoms with Gasteiger partial charge in [0.15, 0.2) is 6.10 Å². The molecule has 0 aromatic heterocycles. The van der Waals surface area contributed by atoms with Gasteiger partial charge in [0.1, 0.15) is 29.8 Å². The highest BCUT2D eigenvalue weighted by Crippen LogP contribution is 2.24. The van der Waals surface area contributed by atoms with Crippen LogP contribution in [-0.4, -0.2) is 29.9 Å². The van der Waals surface area contributed by atoms with Crippen LogP contribution in [0.4, 0.5) is 4.39 Å². The topological polar surface area (TPSA) is 79.5 Å². The van der Waals surface area contributed by atoms with Gasteiger partial charge in [-0.05, 0) is 25.0 Å². The maximum atomic E-state index is 13.3. The first kappa shape index (κ1) is 13.3. The van der Waals surface area contributed by atoms with E-state index in [9.17, 15) is 9.18 Å². The van der Waals surface area contributed by atoms with Crippen molar-refractivity contribution >= 4 is 5.97 Å². The fraction of sp³-hybridized carbons (Fsp3) is 0.385. The molecular weight excluding hydrogens is 253 g/mol. The lowest BCUT2D eigenvalue weighted by atomic mass is 10.2. The molecule has 1 aliphatic heterocycles. The van der Waals surface area contributed by atoms with Crippen molar-refractivity contribution in [3.8, 4) is 11.8 Å². The molecule has 1 heterocycles. The Labute approximate surface area is 109 Å². The lowest BCUT2D eigenvalue weighted by Crippen LogP contribution is -2.23. The molecule has 1 aliphatic rings. The number of nitrogens with zero attached hydrogens (tertiary/aromatic N) is 1. The normalized spacial score (nSPS) is 21.9. The number of ether oxygens (including phenoxy) is 2. The van der Waals surface area contributed by atoms with Gasteiger partial charge in [0, 0.05) is 0 Å². The third kappa shape index (κ3) is 3.01. The van der Waals surface area contributed by atoms with Crippen LogP contribution in [0.5, 0.6) is 5.75 Å². The second-order valence-electron chi connectivity index (χ2n) is 4.20. The van der Waals surface area contributed by atoms with Crippen LogP contribution < -0.4 is 4.74 Å². The molecule has 1 aromatic rings. The van der Waals surface area contributed by atoms with Crippen molar-refractivity contribution in [3.05, 3.63) is 29.6 Å². The highest BCUT2D eigenvalue weighted by Gasteiger charge is 2.30. The van der Waals surface area contributed by atoms with E-state index >= 15 is 0 Å². The van der Waals surface area contributed by atoms with Crippen molar-refractivity contribution in [3.63, 3.8) is 0 Å². The number of benzene rings is 1. The van der Waals surface area contributed by atoms with E-state index in [2.05, 4.69) is 0 Å². The molecule has 0 aliphatic carbocycles. The van der Waals surface area contributed by atoms with Gasteiger partial charge in [-0.3, -0.25) is 0 Å². The van der Waals surface area contributed by atoms with Crippen LogP contribution in [0.3, 0.4) is 0 Å². The molecule has 1 N–H and O–H groups in total. The summed E-state index contributed by atoms with van der Waals surface area (Å²) in [5.74, 6) is -1.49. The number of carbonyl (C=O) groups is 1. The van der Waals surface area contributed by atoms with Gasteiger partial charge in [-0.15, -0.1) is 0 Å². The fourth-order valence-electron chi connectivity index (χ4n) is 1.93. The van der Waals surface area contributed by atoms with Gasteiger partial charge in [-0.1, -0.05) is 6.07 Å². The van der Waals surface area contributed by atoms with Gasteiger partial charge >= 0.3 is 5.97 Å². The summed E-state index contributed by atoms with van der Waals surface area (Å²) in [5.41, 5.74) is -0.157. The van der Waals surface area contributed by atoms with Crippen molar-refractivity contribution in [1.82, 2.24) is 0 Å². The Morgan fingerprint density at radius 3 is 3.00 bits per heavy atom. The quantitative estimate of drug-likeness (QED) is 0.896. The third-order valence-electron chi connectivity index (χ3n) is 2.89. The minimum Gasteiger partial charge on any atom is -0.489 e. The second-order valence-corrected chi connectivity index (χ2v) is 4.20. The van der Waals surface area contributed by atoms with Gasteiger partial charge in [0.2, 0.25) is 0 Å². The lowest BCUT2D eigenvalue weighted by Gasteiger charge is -2.13. The first-order valence-corrected chi connectivity index (χ1v) is 5.81. The SMILES string of the molecule is N#Cc1c(F)cccc1OCC1CCC(C(=O)O)O1. The van der Waals surface area contributed by atoms with E-state index < -0.39 is 17.9 Å². The van der Waals surface area contributed by atoms with E-state index in [-0.39, 0.29) is 24.0 Å². The standard InChI is InChI=1S/C13H12FNO4/c14-10-2-1-3-11(9(10)6-15)18-7-8-4-5-12(19-8)13(16)17/h1-3,8,12H,4-5,7H2,(H,16,17). The summed E-state index contributed by atoms with van der Waals surface area (Å²) in [6.07, 6.45) is -0.168. The monoisotopic (exact) mass is 265 g/mol. The molecule has 0 bridgehead atoms. The van der Waals surface area contributed by atoms with Crippen molar-refractivity contribution in [2.75, 3.05) is 6.61 Å². The number of nitriles is 1. The van der Waals surface area contributed by atoms with Crippen LogP contribution in [0.1, 0.15) is 18.4 Å². The van der Waals surface area contributed by atoms with Gasteiger partial charge < -0.3 is 14.6 Å². The minimum atomic E-state index is -0.994. The molecular formula is C13H12FNO4. The van der Waals surface area contributed by atoms with Crippen molar-refractivity contribution in [1.29, 1.82) is 5.26 Å². The Morgan fingerprint density at radius 1 is 1.58 bits per heavy atom. The number of carboxylic acids is 1. The van der Waals surface area contributed by atoms with Crippen LogP contribution in [-0.2, 0) is 9.53 Å². The molecule has 1 aromatic carbocycles. The van der Waals surface area contributed by atoms with Crippen LogP contribution in [0.2, 0.25) is 0 Å². The van der Waals surface area contributed by atoms with Crippen LogP contribution in [0.25, 0.3) is 0 Å². The first-order chi connectivity index (χ1) is 9.11. The molecule has 5 nitrogen and oxygen atoms in total. The van der Waals surface area contributed by atoms with Crippen LogP contribution >= 0.6 is 0 Å². The number of halogens is 1. The zero-order valence-corrected chi connectivity index (χ0v) is 10.0. The van der Waals surface area contributed by atoms with Crippen molar-refractivity contribution in [2.45, 2.75) is 25.0 Å². The molecule has 2 rings (SSSR count). The largest absolute Gasteiger partial charge is 0.489 e. The summed E-state index contributed by atoms with van der Waals surface area (Å²) < 4.78 is 23.9. The average Bonchev–Trinajstić information content (AvgIpc) is 2.85. The summed E-state index contributed by atoms with van der Waals surface area (Å²) in [7, 11) is 0. The van der Waals surface area contributed by atoms with Gasteiger partial charge in [-0.2, -0.15) is 5.26 Å². The third-order valence-corrected chi connectivity index (χ3v) is 2.89. The van der Waals surface area contributed by atoms with E-state index in [0.717, 1.165) is 0 Å². The van der Waals surface area contributed by atoms with Crippen LogP contribution in [0, 0.1) is 17.1 Å². The Balaban J connectivity index is 1.96. The summed E-state index contributed by atoms with van der Waals surface area (Å²) in [6.45, 7) is 0.0991. The van der Waals surface area contributed by atoms with Gasteiger partial charge in [0.05, 0.1) is 6.10 Å². The van der Waals surface area contributed by atoms with E-state index in [1.54, 1.807) is 6.07 Å². The number of carboxylic acid groups (broad SMARTS) is 1. The second kappa shape index (κ2) is 5.67. The molecule has 100 valence electrons. The molecule has 19 heavy (non-hydrogen) atoms. The predicted molar refractivity (Wildman–Crippen MR) is 62.1 cm³/mol. The summed E-state index contributed by atoms with van der Waals surface area (Å²) >= 11 is 0. The highest BCUT2D eigenvalue weighted by molar-refractivity contribution is 5.72. The molecule has 1 saturated heterocycles. The van der Waals surface area contributed by atoms with E-state index in [4.69, 9.17) is 19.8 Å². The van der Waals surface area contributed by atoms with Gasteiger partial charge in [0.25, 0.3) is 0 Å².